The third-order valence-corrected chi connectivity index (χ3v) is 8.14. The number of anilines is 2. The quantitative estimate of drug-likeness (QED) is 0.274. The molecule has 0 radical (unpaired) electrons. The van der Waals surface area contributed by atoms with Crippen molar-refractivity contribution < 1.29 is 0 Å². The van der Waals surface area contributed by atoms with Crippen LogP contribution in [0.15, 0.2) is 116 Å². The number of benzene rings is 4. The van der Waals surface area contributed by atoms with Crippen molar-refractivity contribution in [1.29, 1.82) is 0 Å². The van der Waals surface area contributed by atoms with Crippen LogP contribution in [0.5, 0.6) is 0 Å². The minimum Gasteiger partial charge on any atom is -0.361 e. The van der Waals surface area contributed by atoms with Crippen molar-refractivity contribution in [3.05, 3.63) is 144 Å². The Morgan fingerprint density at radius 1 is 0.553 bits per heavy atom. The highest BCUT2D eigenvalue weighted by Crippen LogP contribution is 2.56. The first-order valence-corrected chi connectivity index (χ1v) is 13.3. The minimum atomic E-state index is -0.422. The molecule has 4 nitrogen and oxygen atoms in total. The second kappa shape index (κ2) is 8.56. The van der Waals surface area contributed by atoms with Crippen LogP contribution >= 0.6 is 0 Å². The van der Waals surface area contributed by atoms with Gasteiger partial charge in [0, 0.05) is 50.3 Å². The zero-order valence-corrected chi connectivity index (χ0v) is 22.2. The molecular formula is C34H32N4. The normalized spacial score (nSPS) is 16.9. The summed E-state index contributed by atoms with van der Waals surface area (Å²) in [5.74, 6) is 0. The third kappa shape index (κ3) is 3.37. The maximum atomic E-state index is 2.41. The first-order chi connectivity index (χ1) is 18.5. The average molecular weight is 497 g/mol. The molecule has 0 bridgehead atoms. The largest absolute Gasteiger partial charge is 0.361 e. The van der Waals surface area contributed by atoms with Crippen molar-refractivity contribution in [2.45, 2.75) is 12.3 Å². The minimum absolute atomic E-state index is 0.422. The van der Waals surface area contributed by atoms with Crippen LogP contribution in [0.1, 0.15) is 27.8 Å². The van der Waals surface area contributed by atoms with Crippen LogP contribution < -0.4 is 9.80 Å². The third-order valence-electron chi connectivity index (χ3n) is 8.14. The van der Waals surface area contributed by atoms with E-state index in [9.17, 15) is 0 Å². The van der Waals surface area contributed by atoms with Gasteiger partial charge in [0.2, 0.25) is 0 Å². The van der Waals surface area contributed by atoms with E-state index in [1.54, 1.807) is 0 Å². The summed E-state index contributed by atoms with van der Waals surface area (Å²) in [6.07, 6.45) is 8.62. The highest BCUT2D eigenvalue weighted by atomic mass is 15.3. The molecule has 2 heterocycles. The number of nitrogens with zero attached hydrogens (tertiary/aromatic N) is 4. The van der Waals surface area contributed by atoms with Crippen molar-refractivity contribution in [1.82, 2.24) is 9.80 Å². The van der Waals surface area contributed by atoms with E-state index in [-0.39, 0.29) is 0 Å². The fourth-order valence-corrected chi connectivity index (χ4v) is 6.48. The molecule has 4 aromatic rings. The monoisotopic (exact) mass is 496 g/mol. The Labute approximate surface area is 225 Å². The molecule has 0 fully saturated rings. The zero-order chi connectivity index (χ0) is 25.9. The van der Waals surface area contributed by atoms with E-state index >= 15 is 0 Å². The van der Waals surface area contributed by atoms with Gasteiger partial charge in [-0.1, -0.05) is 66.7 Å². The van der Waals surface area contributed by atoms with E-state index in [0.29, 0.717) is 0 Å². The topological polar surface area (TPSA) is 13.0 Å². The number of rotatable bonds is 4. The molecule has 38 heavy (non-hydrogen) atoms. The standard InChI is InChI=1S/C34H32N4/c1-25-19-27(22-29(20-25)38-18-16-36(3)24-38)34(26-9-8-10-28(21-26)37-17-15-35(2)23-37)32-13-6-4-11-30(32)31-12-5-7-14-33(31)34/h4-22H,23-24H2,1-3H3. The molecule has 7 rings (SSSR count). The summed E-state index contributed by atoms with van der Waals surface area (Å²) >= 11 is 0. The molecule has 0 atom stereocenters. The summed E-state index contributed by atoms with van der Waals surface area (Å²) < 4.78 is 0. The average Bonchev–Trinajstić information content (AvgIpc) is 3.65. The van der Waals surface area contributed by atoms with Crippen molar-refractivity contribution in [3.63, 3.8) is 0 Å². The molecular weight excluding hydrogens is 464 g/mol. The van der Waals surface area contributed by atoms with Gasteiger partial charge >= 0.3 is 0 Å². The molecule has 0 saturated heterocycles. The summed E-state index contributed by atoms with van der Waals surface area (Å²) in [5, 5.41) is 0. The lowest BCUT2D eigenvalue weighted by atomic mass is 9.67. The lowest BCUT2D eigenvalue weighted by molar-refractivity contribution is 0.495. The lowest BCUT2D eigenvalue weighted by Crippen LogP contribution is -2.30. The van der Waals surface area contributed by atoms with E-state index in [1.165, 1.54) is 50.3 Å². The van der Waals surface area contributed by atoms with Gasteiger partial charge in [-0.05, 0) is 70.1 Å². The van der Waals surface area contributed by atoms with Crippen LogP contribution in [0.25, 0.3) is 11.1 Å². The maximum Gasteiger partial charge on any atom is 0.0938 e. The van der Waals surface area contributed by atoms with Crippen LogP contribution in [0.2, 0.25) is 0 Å². The molecule has 0 N–H and O–H groups in total. The Balaban J connectivity index is 1.52. The fraction of sp³-hybridized carbons (Fsp3) is 0.176. The van der Waals surface area contributed by atoms with E-state index in [1.807, 2.05) is 0 Å². The second-order valence-electron chi connectivity index (χ2n) is 10.8. The van der Waals surface area contributed by atoms with Crippen LogP contribution in [0.3, 0.4) is 0 Å². The first kappa shape index (κ1) is 22.7. The van der Waals surface area contributed by atoms with Crippen molar-refractivity contribution >= 4 is 11.4 Å². The molecule has 0 aromatic heterocycles. The molecule has 0 saturated carbocycles. The molecule has 4 aromatic carbocycles. The highest BCUT2D eigenvalue weighted by Gasteiger charge is 2.46. The van der Waals surface area contributed by atoms with Gasteiger partial charge in [-0.2, -0.15) is 0 Å². The SMILES string of the molecule is Cc1cc(N2C=CN(C)C2)cc(C2(c3cccc(N4C=CN(C)C4)c3)c3ccccc3-c3ccccc32)c1. The first-order valence-electron chi connectivity index (χ1n) is 13.3. The van der Waals surface area contributed by atoms with E-state index in [4.69, 9.17) is 0 Å². The van der Waals surface area contributed by atoms with Gasteiger partial charge in [-0.25, -0.2) is 0 Å². The van der Waals surface area contributed by atoms with Gasteiger partial charge in [0.25, 0.3) is 0 Å². The molecule has 2 aliphatic heterocycles. The lowest BCUT2D eigenvalue weighted by Gasteiger charge is -2.35. The highest BCUT2D eigenvalue weighted by molar-refractivity contribution is 5.87. The Morgan fingerprint density at radius 2 is 1.13 bits per heavy atom. The number of hydrogen-bond acceptors (Lipinski definition) is 4. The van der Waals surface area contributed by atoms with E-state index in [0.717, 1.165) is 13.3 Å². The Bertz CT molecular complexity index is 1550. The molecule has 0 spiro atoms. The summed E-state index contributed by atoms with van der Waals surface area (Å²) in [6, 6.07) is 34.2. The van der Waals surface area contributed by atoms with Crippen LogP contribution in [-0.4, -0.2) is 37.2 Å². The summed E-state index contributed by atoms with van der Waals surface area (Å²) in [4.78, 5) is 9.06. The number of hydrogen-bond donors (Lipinski definition) is 0. The molecule has 1 aliphatic carbocycles. The molecule has 0 unspecified atom stereocenters. The second-order valence-corrected chi connectivity index (χ2v) is 10.8. The molecule has 4 heteroatoms. The van der Waals surface area contributed by atoms with Gasteiger partial charge in [0.15, 0.2) is 0 Å². The van der Waals surface area contributed by atoms with E-state index < -0.39 is 5.41 Å². The number of aryl methyl sites for hydroxylation is 1. The van der Waals surface area contributed by atoms with Crippen molar-refractivity contribution in [2.24, 2.45) is 0 Å². The van der Waals surface area contributed by atoms with Gasteiger partial charge in [0.05, 0.1) is 18.8 Å². The Morgan fingerprint density at radius 3 is 1.74 bits per heavy atom. The molecule has 188 valence electrons. The molecule has 0 amide bonds. The zero-order valence-electron chi connectivity index (χ0n) is 22.2. The van der Waals surface area contributed by atoms with Gasteiger partial charge in [0.1, 0.15) is 0 Å². The number of fused-ring (bicyclic) bond motifs is 3. The van der Waals surface area contributed by atoms with E-state index in [2.05, 4.69) is 156 Å². The predicted molar refractivity (Wildman–Crippen MR) is 157 cm³/mol. The van der Waals surface area contributed by atoms with Gasteiger partial charge < -0.3 is 19.6 Å². The Hall–Kier alpha value is -4.44. The smallest absolute Gasteiger partial charge is 0.0938 e. The fourth-order valence-electron chi connectivity index (χ4n) is 6.48. The van der Waals surface area contributed by atoms with Gasteiger partial charge in [-0.3, -0.25) is 0 Å². The van der Waals surface area contributed by atoms with Crippen LogP contribution in [-0.2, 0) is 5.41 Å². The Kier molecular flexibility index (Phi) is 5.12. The van der Waals surface area contributed by atoms with Crippen LogP contribution in [0, 0.1) is 6.92 Å². The van der Waals surface area contributed by atoms with Crippen LogP contribution in [0.4, 0.5) is 11.4 Å². The predicted octanol–water partition coefficient (Wildman–Crippen LogP) is 6.72. The summed E-state index contributed by atoms with van der Waals surface area (Å²) in [7, 11) is 4.23. The maximum absolute atomic E-state index is 2.41. The summed E-state index contributed by atoms with van der Waals surface area (Å²) in [5.41, 5.74) is 11.2. The molecule has 3 aliphatic rings. The van der Waals surface area contributed by atoms with Crippen molar-refractivity contribution in [2.75, 3.05) is 37.2 Å². The van der Waals surface area contributed by atoms with Gasteiger partial charge in [-0.15, -0.1) is 0 Å². The summed E-state index contributed by atoms with van der Waals surface area (Å²) in [6.45, 7) is 3.93. The van der Waals surface area contributed by atoms with Crippen molar-refractivity contribution in [3.8, 4) is 11.1 Å².